The Bertz CT molecular complexity index is 1290. The maximum Gasteiger partial charge on any atom is 0.220 e. The van der Waals surface area contributed by atoms with Crippen LogP contribution in [0.5, 0.6) is 0 Å². The third kappa shape index (κ3) is 51.6. The molecule has 65 heavy (non-hydrogen) atoms. The van der Waals surface area contributed by atoms with Crippen LogP contribution < -0.4 is 5.32 Å². The Kier molecular flexibility index (Phi) is 52.4. The van der Waals surface area contributed by atoms with Crippen molar-refractivity contribution in [3.05, 3.63) is 122 Å². The molecule has 4 heteroatoms. The molecule has 0 aliphatic carbocycles. The van der Waals surface area contributed by atoms with Crippen molar-refractivity contribution in [2.75, 3.05) is 6.61 Å². The first kappa shape index (κ1) is 61.8. The van der Waals surface area contributed by atoms with Gasteiger partial charge in [0.2, 0.25) is 5.91 Å². The van der Waals surface area contributed by atoms with Crippen LogP contribution in [0.2, 0.25) is 0 Å². The van der Waals surface area contributed by atoms with Gasteiger partial charge in [0, 0.05) is 6.42 Å². The molecule has 3 N–H and O–H groups in total. The molecule has 0 heterocycles. The molecule has 2 unspecified atom stereocenters. The highest BCUT2D eigenvalue weighted by Crippen LogP contribution is 2.14. The van der Waals surface area contributed by atoms with Crippen LogP contribution in [0.3, 0.4) is 0 Å². The topological polar surface area (TPSA) is 69.6 Å². The predicted octanol–water partition coefficient (Wildman–Crippen LogP) is 18.1. The normalized spacial score (nSPS) is 13.8. The molecule has 0 aromatic heterocycles. The molecule has 0 saturated carbocycles. The predicted molar refractivity (Wildman–Crippen MR) is 289 cm³/mol. The standard InChI is InChI=1S/C61H103NO3/c1-3-5-7-9-11-13-15-17-19-21-23-25-26-27-28-29-30-31-32-33-34-35-36-37-39-41-43-45-47-49-51-53-55-57-61(65)62-59(58-63)60(64)56-54-52-50-48-46-44-42-40-38-24-22-20-18-16-14-12-10-8-6-4-2/h5,7,11,13,17,19,23,25,27-28,30-31,33-34,36-37,46,48,54,56,59-60,63-64H,3-4,6,8-10,12,14-16,18,20-22,24,26,29,32,35,38-45,47,49-53,55,57-58H2,1-2H3,(H,62,65)/b7-5-,13-11-,19-17-,25-23-,28-27-,31-30-,34-33-,37-36-,48-46+,56-54+. The first-order valence-corrected chi connectivity index (χ1v) is 27.2. The SMILES string of the molecule is CC/C=C\C/C=C\C/C=C\C/C=C\C/C=C\C/C=C\C/C=C\C/C=C\CCCCCCCCCCC(=O)NC(CO)C(O)/C=C/CC/C=C/CCCCCCCCCCCCCCCC. The van der Waals surface area contributed by atoms with E-state index in [4.69, 9.17) is 0 Å². The summed E-state index contributed by atoms with van der Waals surface area (Å²) in [6, 6.07) is -0.653. The Morgan fingerprint density at radius 1 is 0.385 bits per heavy atom. The number of carbonyl (C=O) groups is 1. The summed E-state index contributed by atoms with van der Waals surface area (Å²) < 4.78 is 0. The van der Waals surface area contributed by atoms with Crippen LogP contribution in [0, 0.1) is 0 Å². The first-order valence-electron chi connectivity index (χ1n) is 27.2. The zero-order chi connectivity index (χ0) is 47.0. The summed E-state index contributed by atoms with van der Waals surface area (Å²) in [7, 11) is 0. The molecule has 0 aliphatic rings. The van der Waals surface area contributed by atoms with E-state index in [1.54, 1.807) is 6.08 Å². The number of hydrogen-bond acceptors (Lipinski definition) is 3. The van der Waals surface area contributed by atoms with E-state index in [1.807, 2.05) is 6.08 Å². The molecule has 0 aliphatic heterocycles. The highest BCUT2D eigenvalue weighted by atomic mass is 16.3. The smallest absolute Gasteiger partial charge is 0.220 e. The number of allylic oxidation sites excluding steroid dienone is 19. The van der Waals surface area contributed by atoms with Gasteiger partial charge in [0.05, 0.1) is 18.8 Å². The Balaban J connectivity index is 3.65. The van der Waals surface area contributed by atoms with Gasteiger partial charge in [-0.15, -0.1) is 0 Å². The fourth-order valence-corrected chi connectivity index (χ4v) is 7.56. The van der Waals surface area contributed by atoms with Gasteiger partial charge in [0.1, 0.15) is 0 Å². The molecule has 0 aromatic carbocycles. The van der Waals surface area contributed by atoms with E-state index in [0.717, 1.165) is 96.3 Å². The van der Waals surface area contributed by atoms with Crippen LogP contribution in [0.4, 0.5) is 0 Å². The zero-order valence-electron chi connectivity index (χ0n) is 42.5. The lowest BCUT2D eigenvalue weighted by Gasteiger charge is -2.19. The summed E-state index contributed by atoms with van der Waals surface area (Å²) in [6.07, 6.45) is 84.8. The molecule has 0 fully saturated rings. The highest BCUT2D eigenvalue weighted by Gasteiger charge is 2.17. The van der Waals surface area contributed by atoms with Crippen LogP contribution in [0.25, 0.3) is 0 Å². The Morgan fingerprint density at radius 2 is 0.692 bits per heavy atom. The lowest BCUT2D eigenvalue weighted by molar-refractivity contribution is -0.123. The van der Waals surface area contributed by atoms with Gasteiger partial charge in [-0.1, -0.05) is 257 Å². The van der Waals surface area contributed by atoms with Gasteiger partial charge in [-0.3, -0.25) is 4.79 Å². The average Bonchev–Trinajstić information content (AvgIpc) is 3.31. The van der Waals surface area contributed by atoms with Gasteiger partial charge >= 0.3 is 0 Å². The first-order chi connectivity index (χ1) is 32.2. The number of hydrogen-bond donors (Lipinski definition) is 3. The molecule has 0 radical (unpaired) electrons. The van der Waals surface area contributed by atoms with Crippen molar-refractivity contribution in [3.63, 3.8) is 0 Å². The Hall–Kier alpha value is -3.21. The van der Waals surface area contributed by atoms with Crippen LogP contribution in [-0.4, -0.2) is 34.9 Å². The molecule has 1 amide bonds. The number of aliphatic hydroxyl groups excluding tert-OH is 2. The monoisotopic (exact) mass is 898 g/mol. The maximum atomic E-state index is 12.5. The van der Waals surface area contributed by atoms with E-state index in [1.165, 1.54) is 122 Å². The number of carbonyl (C=O) groups excluding carboxylic acids is 1. The second-order valence-electron chi connectivity index (χ2n) is 17.9. The molecule has 0 spiro atoms. The van der Waals surface area contributed by atoms with Crippen molar-refractivity contribution in [1.29, 1.82) is 0 Å². The van der Waals surface area contributed by atoms with E-state index in [0.29, 0.717) is 6.42 Å². The summed E-state index contributed by atoms with van der Waals surface area (Å²) in [5, 5.41) is 23.1. The summed E-state index contributed by atoms with van der Waals surface area (Å²) in [4.78, 5) is 12.5. The van der Waals surface area contributed by atoms with E-state index < -0.39 is 12.1 Å². The second kappa shape index (κ2) is 55.1. The number of aliphatic hydroxyl groups is 2. The third-order valence-corrected chi connectivity index (χ3v) is 11.7. The molecule has 2 atom stereocenters. The van der Waals surface area contributed by atoms with E-state index in [-0.39, 0.29) is 12.5 Å². The van der Waals surface area contributed by atoms with Gasteiger partial charge in [0.25, 0.3) is 0 Å². The third-order valence-electron chi connectivity index (χ3n) is 11.7. The minimum Gasteiger partial charge on any atom is -0.394 e. The summed E-state index contributed by atoms with van der Waals surface area (Å²) in [5.41, 5.74) is 0. The molecular formula is C61H103NO3. The molecular weight excluding hydrogens is 795 g/mol. The summed E-state index contributed by atoms with van der Waals surface area (Å²) in [6.45, 7) is 4.18. The largest absolute Gasteiger partial charge is 0.394 e. The Morgan fingerprint density at radius 3 is 1.08 bits per heavy atom. The number of unbranched alkanes of at least 4 members (excludes halogenated alkanes) is 23. The zero-order valence-corrected chi connectivity index (χ0v) is 42.5. The van der Waals surface area contributed by atoms with Crippen LogP contribution >= 0.6 is 0 Å². The van der Waals surface area contributed by atoms with Gasteiger partial charge in [-0.05, 0) is 96.3 Å². The van der Waals surface area contributed by atoms with Crippen molar-refractivity contribution in [1.82, 2.24) is 5.32 Å². The molecule has 0 bridgehead atoms. The lowest BCUT2D eigenvalue weighted by Crippen LogP contribution is -2.45. The number of rotatable bonds is 48. The van der Waals surface area contributed by atoms with Crippen molar-refractivity contribution in [2.24, 2.45) is 0 Å². The van der Waals surface area contributed by atoms with E-state index in [9.17, 15) is 15.0 Å². The van der Waals surface area contributed by atoms with Crippen molar-refractivity contribution < 1.29 is 15.0 Å². The molecule has 0 rings (SSSR count). The van der Waals surface area contributed by atoms with Crippen LogP contribution in [0.15, 0.2) is 122 Å². The van der Waals surface area contributed by atoms with Gasteiger partial charge in [0.15, 0.2) is 0 Å². The second-order valence-corrected chi connectivity index (χ2v) is 17.9. The Labute approximate surface area is 403 Å². The summed E-state index contributed by atoms with van der Waals surface area (Å²) in [5.74, 6) is -0.0867. The number of amides is 1. The minimum absolute atomic E-state index is 0.0867. The van der Waals surface area contributed by atoms with E-state index in [2.05, 4.69) is 129 Å². The molecule has 370 valence electrons. The maximum absolute atomic E-state index is 12.5. The summed E-state index contributed by atoms with van der Waals surface area (Å²) >= 11 is 0. The minimum atomic E-state index is -0.875. The van der Waals surface area contributed by atoms with Crippen molar-refractivity contribution in [3.8, 4) is 0 Å². The lowest BCUT2D eigenvalue weighted by atomic mass is 10.0. The van der Waals surface area contributed by atoms with Gasteiger partial charge in [-0.25, -0.2) is 0 Å². The fourth-order valence-electron chi connectivity index (χ4n) is 7.56. The van der Waals surface area contributed by atoms with Crippen LogP contribution in [0.1, 0.15) is 239 Å². The molecule has 4 nitrogen and oxygen atoms in total. The highest BCUT2D eigenvalue weighted by molar-refractivity contribution is 5.76. The van der Waals surface area contributed by atoms with Crippen molar-refractivity contribution in [2.45, 2.75) is 251 Å². The van der Waals surface area contributed by atoms with E-state index >= 15 is 0 Å². The molecule has 0 saturated heterocycles. The van der Waals surface area contributed by atoms with Gasteiger partial charge < -0.3 is 15.5 Å². The number of nitrogens with one attached hydrogen (secondary N) is 1. The average molecular weight is 898 g/mol. The molecule has 0 aromatic rings. The van der Waals surface area contributed by atoms with Gasteiger partial charge in [-0.2, -0.15) is 0 Å². The fraction of sp³-hybridized carbons (Fsp3) is 0.656. The quantitative estimate of drug-likeness (QED) is 0.0421. The van der Waals surface area contributed by atoms with Crippen molar-refractivity contribution >= 4 is 5.91 Å². The van der Waals surface area contributed by atoms with Crippen LogP contribution in [-0.2, 0) is 4.79 Å².